The number of carbonyl (C=O) groups excluding carboxylic acids is 1. The van der Waals surface area contributed by atoms with Gasteiger partial charge in [-0.2, -0.15) is 0 Å². The number of hydrogen-bond acceptors (Lipinski definition) is 5. The first-order valence-electron chi connectivity index (χ1n) is 11.5. The third-order valence-corrected chi connectivity index (χ3v) is 5.96. The van der Waals surface area contributed by atoms with Gasteiger partial charge in [0, 0.05) is 27.9 Å². The molecule has 0 fully saturated rings. The van der Waals surface area contributed by atoms with Gasteiger partial charge in [0.1, 0.15) is 17.0 Å². The fraction of sp³-hybridized carbons (Fsp3) is 0.0690. The Hall–Kier alpha value is -4.20. The van der Waals surface area contributed by atoms with Crippen molar-refractivity contribution in [2.24, 2.45) is 0 Å². The van der Waals surface area contributed by atoms with E-state index in [1.165, 1.54) is 6.08 Å². The van der Waals surface area contributed by atoms with E-state index < -0.39 is 0 Å². The SMILES string of the molecule is Cc1cc(C)cc(-c2nc3cc(NC(=S)NC(=O)C=Cc4ccc(-c5ccc(Cl)cc5)o4)ccc3o2)c1. The summed E-state index contributed by atoms with van der Waals surface area (Å²) in [6.45, 7) is 4.08. The predicted octanol–water partition coefficient (Wildman–Crippen LogP) is 7.55. The number of rotatable bonds is 5. The second-order valence-corrected chi connectivity index (χ2v) is 9.41. The van der Waals surface area contributed by atoms with Crippen molar-refractivity contribution in [2.75, 3.05) is 5.32 Å². The summed E-state index contributed by atoms with van der Waals surface area (Å²) in [5.41, 5.74) is 6.13. The quantitative estimate of drug-likeness (QED) is 0.181. The molecule has 0 radical (unpaired) electrons. The molecule has 184 valence electrons. The molecule has 0 unspecified atom stereocenters. The molecule has 3 aromatic carbocycles. The maximum absolute atomic E-state index is 12.3. The first-order chi connectivity index (χ1) is 17.8. The number of aryl methyl sites for hydroxylation is 2. The van der Waals surface area contributed by atoms with E-state index in [1.54, 1.807) is 24.3 Å². The van der Waals surface area contributed by atoms with Crippen molar-refractivity contribution in [1.29, 1.82) is 0 Å². The Kier molecular flexibility index (Phi) is 6.90. The number of aromatic nitrogens is 1. The lowest BCUT2D eigenvalue weighted by Crippen LogP contribution is -2.32. The number of furan rings is 1. The van der Waals surface area contributed by atoms with Crippen LogP contribution in [0, 0.1) is 13.8 Å². The molecule has 0 saturated carbocycles. The van der Waals surface area contributed by atoms with Crippen LogP contribution in [0.1, 0.15) is 16.9 Å². The monoisotopic (exact) mass is 527 g/mol. The normalized spacial score (nSPS) is 11.2. The minimum Gasteiger partial charge on any atom is -0.457 e. The Morgan fingerprint density at radius 2 is 1.68 bits per heavy atom. The highest BCUT2D eigenvalue weighted by Gasteiger charge is 2.11. The van der Waals surface area contributed by atoms with Crippen molar-refractivity contribution >= 4 is 57.7 Å². The number of amides is 1. The van der Waals surface area contributed by atoms with Crippen LogP contribution in [0.4, 0.5) is 5.69 Å². The number of benzene rings is 3. The Balaban J connectivity index is 1.21. The smallest absolute Gasteiger partial charge is 0.250 e. The molecule has 1 amide bonds. The minimum atomic E-state index is -0.387. The molecule has 2 N–H and O–H groups in total. The molecular formula is C29H22ClN3O3S. The minimum absolute atomic E-state index is 0.160. The van der Waals surface area contributed by atoms with Gasteiger partial charge >= 0.3 is 0 Å². The summed E-state index contributed by atoms with van der Waals surface area (Å²) in [5.74, 6) is 1.38. The van der Waals surface area contributed by atoms with Crippen molar-refractivity contribution in [2.45, 2.75) is 13.8 Å². The Bertz CT molecular complexity index is 1630. The number of nitrogens with one attached hydrogen (secondary N) is 2. The van der Waals surface area contributed by atoms with E-state index >= 15 is 0 Å². The van der Waals surface area contributed by atoms with Gasteiger partial charge in [0.05, 0.1) is 0 Å². The van der Waals surface area contributed by atoms with Gasteiger partial charge < -0.3 is 14.2 Å². The van der Waals surface area contributed by atoms with Crippen LogP contribution in [-0.4, -0.2) is 16.0 Å². The number of oxazole rings is 1. The molecule has 8 heteroatoms. The molecule has 0 spiro atoms. The Morgan fingerprint density at radius 3 is 2.43 bits per heavy atom. The van der Waals surface area contributed by atoms with Crippen LogP contribution >= 0.6 is 23.8 Å². The zero-order chi connectivity index (χ0) is 25.9. The molecule has 6 nitrogen and oxygen atoms in total. The first kappa shape index (κ1) is 24.5. The maximum Gasteiger partial charge on any atom is 0.250 e. The molecule has 0 aliphatic carbocycles. The van der Waals surface area contributed by atoms with E-state index in [1.807, 2.05) is 62.4 Å². The van der Waals surface area contributed by atoms with Crippen LogP contribution in [0.15, 0.2) is 87.7 Å². The molecule has 0 atom stereocenters. The lowest BCUT2D eigenvalue weighted by Gasteiger charge is -2.07. The van der Waals surface area contributed by atoms with Crippen molar-refractivity contribution in [3.05, 3.63) is 101 Å². The second kappa shape index (κ2) is 10.4. The van der Waals surface area contributed by atoms with Crippen LogP contribution in [-0.2, 0) is 4.79 Å². The van der Waals surface area contributed by atoms with Crippen LogP contribution in [0.5, 0.6) is 0 Å². The topological polar surface area (TPSA) is 80.3 Å². The summed E-state index contributed by atoms with van der Waals surface area (Å²) in [6.07, 6.45) is 2.93. The van der Waals surface area contributed by atoms with Crippen molar-refractivity contribution in [3.63, 3.8) is 0 Å². The molecule has 0 aliphatic heterocycles. The zero-order valence-corrected chi connectivity index (χ0v) is 21.6. The average Bonchev–Trinajstić information content (AvgIpc) is 3.50. The number of anilines is 1. The van der Waals surface area contributed by atoms with Crippen molar-refractivity contribution in [3.8, 4) is 22.8 Å². The number of thiocarbonyl (C=S) groups is 1. The fourth-order valence-corrected chi connectivity index (χ4v) is 4.26. The summed E-state index contributed by atoms with van der Waals surface area (Å²) in [4.78, 5) is 17.0. The highest BCUT2D eigenvalue weighted by atomic mass is 35.5. The van der Waals surface area contributed by atoms with Gasteiger partial charge in [0.2, 0.25) is 11.8 Å². The third-order valence-electron chi connectivity index (χ3n) is 5.51. The van der Waals surface area contributed by atoms with Gasteiger partial charge in [-0.05, 0) is 98.9 Å². The third kappa shape index (κ3) is 5.97. The summed E-state index contributed by atoms with van der Waals surface area (Å²) in [7, 11) is 0. The molecule has 5 rings (SSSR count). The lowest BCUT2D eigenvalue weighted by molar-refractivity contribution is -0.115. The molecule has 37 heavy (non-hydrogen) atoms. The van der Waals surface area contributed by atoms with Crippen molar-refractivity contribution in [1.82, 2.24) is 10.3 Å². The number of hydrogen-bond donors (Lipinski definition) is 2. The molecule has 0 aliphatic rings. The van der Waals surface area contributed by atoms with E-state index in [0.29, 0.717) is 39.2 Å². The number of fused-ring (bicyclic) bond motifs is 1. The van der Waals surface area contributed by atoms with Crippen LogP contribution in [0.2, 0.25) is 5.02 Å². The van der Waals surface area contributed by atoms with Gasteiger partial charge in [0.15, 0.2) is 10.7 Å². The number of halogens is 1. The Labute approximate surface area is 224 Å². The van der Waals surface area contributed by atoms with Crippen LogP contribution in [0.3, 0.4) is 0 Å². The van der Waals surface area contributed by atoms with Gasteiger partial charge in [-0.1, -0.05) is 28.8 Å². The summed E-state index contributed by atoms with van der Waals surface area (Å²) in [5, 5.41) is 6.45. The largest absolute Gasteiger partial charge is 0.457 e. The van der Waals surface area contributed by atoms with Crippen molar-refractivity contribution < 1.29 is 13.6 Å². The highest BCUT2D eigenvalue weighted by molar-refractivity contribution is 7.80. The molecule has 0 saturated heterocycles. The standard InChI is InChI=1S/C29H22ClN3O3S/c1-17-13-18(2)15-20(14-17)28-32-24-16-22(7-10-26(24)36-28)31-29(37)33-27(34)12-9-23-8-11-25(35-23)19-3-5-21(30)6-4-19/h3-16H,1-2H3,(H2,31,33,34,37). The van der Waals surface area contributed by atoms with Gasteiger partial charge in [-0.3, -0.25) is 10.1 Å². The summed E-state index contributed by atoms with van der Waals surface area (Å²) in [6, 6.07) is 22.6. The van der Waals surface area contributed by atoms with Gasteiger partial charge in [-0.25, -0.2) is 4.98 Å². The predicted molar refractivity (Wildman–Crippen MR) is 151 cm³/mol. The van der Waals surface area contributed by atoms with E-state index in [9.17, 15) is 4.79 Å². The van der Waals surface area contributed by atoms with Crippen LogP contribution < -0.4 is 10.6 Å². The lowest BCUT2D eigenvalue weighted by atomic mass is 10.1. The summed E-state index contributed by atoms with van der Waals surface area (Å²) < 4.78 is 11.7. The highest BCUT2D eigenvalue weighted by Crippen LogP contribution is 2.28. The van der Waals surface area contributed by atoms with Gasteiger partial charge in [-0.15, -0.1) is 0 Å². The first-order valence-corrected chi connectivity index (χ1v) is 12.3. The molecular weight excluding hydrogens is 506 g/mol. The Morgan fingerprint density at radius 1 is 0.919 bits per heavy atom. The van der Waals surface area contributed by atoms with Gasteiger partial charge in [0.25, 0.3) is 0 Å². The number of nitrogens with zero attached hydrogens (tertiary/aromatic N) is 1. The van der Waals surface area contributed by atoms with E-state index in [-0.39, 0.29) is 11.0 Å². The molecule has 5 aromatic rings. The fourth-order valence-electron chi connectivity index (χ4n) is 3.91. The molecule has 2 heterocycles. The molecule has 0 bridgehead atoms. The molecule has 2 aromatic heterocycles. The zero-order valence-electron chi connectivity index (χ0n) is 20.0. The summed E-state index contributed by atoms with van der Waals surface area (Å²) >= 11 is 11.2. The van der Waals surface area contributed by atoms with E-state index in [0.717, 1.165) is 22.3 Å². The number of carbonyl (C=O) groups is 1. The average molecular weight is 528 g/mol. The maximum atomic E-state index is 12.3. The van der Waals surface area contributed by atoms with E-state index in [4.69, 9.17) is 32.7 Å². The van der Waals surface area contributed by atoms with E-state index in [2.05, 4.69) is 21.7 Å². The second-order valence-electron chi connectivity index (χ2n) is 8.56. The van der Waals surface area contributed by atoms with Crippen LogP contribution in [0.25, 0.3) is 40.0 Å².